The third-order valence-electron chi connectivity index (χ3n) is 3.08. The van der Waals surface area contributed by atoms with Crippen LogP contribution in [0.1, 0.15) is 18.0 Å². The number of hydrogen-bond acceptors (Lipinski definition) is 4. The number of anilines is 1. The Labute approximate surface area is 93.2 Å². The van der Waals surface area contributed by atoms with Crippen molar-refractivity contribution in [3.05, 3.63) is 17.8 Å². The summed E-state index contributed by atoms with van der Waals surface area (Å²) in [6.45, 7) is 3.51. The van der Waals surface area contributed by atoms with Crippen LogP contribution in [-0.4, -0.2) is 27.7 Å². The molecule has 5 heteroatoms. The van der Waals surface area contributed by atoms with E-state index in [1.165, 1.54) is 0 Å². The largest absolute Gasteiger partial charge is 0.379 e. The van der Waals surface area contributed by atoms with E-state index in [1.54, 1.807) is 6.20 Å². The van der Waals surface area contributed by atoms with Gasteiger partial charge in [0.2, 0.25) is 5.95 Å². The summed E-state index contributed by atoms with van der Waals surface area (Å²) in [5.41, 5.74) is 8.83. The molecule has 0 amide bonds. The Morgan fingerprint density at radius 3 is 3.19 bits per heavy atom. The topological polar surface area (TPSA) is 66.0 Å². The molecule has 2 aromatic rings. The van der Waals surface area contributed by atoms with Gasteiger partial charge in [0.15, 0.2) is 5.65 Å². The summed E-state index contributed by atoms with van der Waals surface area (Å²) < 4.78 is 7.38. The molecule has 1 saturated heterocycles. The minimum Gasteiger partial charge on any atom is -0.379 e. The molecule has 1 aliphatic rings. The van der Waals surface area contributed by atoms with Crippen LogP contribution < -0.4 is 5.73 Å². The average Bonchev–Trinajstić information content (AvgIpc) is 2.85. The Hall–Kier alpha value is -1.62. The summed E-state index contributed by atoms with van der Waals surface area (Å²) in [4.78, 5) is 8.75. The SMILES string of the molecule is Cc1ccnc2c1nc(N)n2C1CCOC1. The lowest BCUT2D eigenvalue weighted by Crippen LogP contribution is -2.12. The number of nitrogens with zero attached hydrogens (tertiary/aromatic N) is 3. The first-order valence-electron chi connectivity index (χ1n) is 5.44. The van der Waals surface area contributed by atoms with E-state index < -0.39 is 0 Å². The highest BCUT2D eigenvalue weighted by Crippen LogP contribution is 2.27. The molecule has 0 radical (unpaired) electrons. The van der Waals surface area contributed by atoms with Crippen LogP contribution in [0.3, 0.4) is 0 Å². The van der Waals surface area contributed by atoms with Crippen molar-refractivity contribution in [2.45, 2.75) is 19.4 Å². The number of imidazole rings is 1. The van der Waals surface area contributed by atoms with Crippen LogP contribution >= 0.6 is 0 Å². The van der Waals surface area contributed by atoms with Crippen LogP contribution in [0.25, 0.3) is 11.2 Å². The van der Waals surface area contributed by atoms with Gasteiger partial charge < -0.3 is 10.5 Å². The maximum atomic E-state index is 5.96. The van der Waals surface area contributed by atoms with E-state index in [2.05, 4.69) is 9.97 Å². The number of ether oxygens (including phenoxy) is 1. The van der Waals surface area contributed by atoms with Crippen LogP contribution in [0, 0.1) is 6.92 Å². The Morgan fingerprint density at radius 1 is 1.56 bits per heavy atom. The molecule has 5 nitrogen and oxygen atoms in total. The third-order valence-corrected chi connectivity index (χ3v) is 3.08. The molecule has 84 valence electrons. The van der Waals surface area contributed by atoms with E-state index in [9.17, 15) is 0 Å². The molecule has 16 heavy (non-hydrogen) atoms. The zero-order valence-electron chi connectivity index (χ0n) is 9.18. The summed E-state index contributed by atoms with van der Waals surface area (Å²) >= 11 is 0. The van der Waals surface area contributed by atoms with Gasteiger partial charge in [0.25, 0.3) is 0 Å². The second-order valence-corrected chi connectivity index (χ2v) is 4.16. The summed E-state index contributed by atoms with van der Waals surface area (Å²) in [6.07, 6.45) is 2.77. The van der Waals surface area contributed by atoms with Gasteiger partial charge in [-0.2, -0.15) is 0 Å². The molecular weight excluding hydrogens is 204 g/mol. The number of fused-ring (bicyclic) bond motifs is 1. The molecule has 0 aromatic carbocycles. The number of aryl methyl sites for hydroxylation is 1. The van der Waals surface area contributed by atoms with E-state index in [4.69, 9.17) is 10.5 Å². The van der Waals surface area contributed by atoms with Gasteiger partial charge >= 0.3 is 0 Å². The van der Waals surface area contributed by atoms with E-state index in [0.717, 1.165) is 29.8 Å². The second kappa shape index (κ2) is 3.45. The fourth-order valence-corrected chi connectivity index (χ4v) is 2.21. The van der Waals surface area contributed by atoms with Crippen LogP contribution in [0.4, 0.5) is 5.95 Å². The maximum absolute atomic E-state index is 5.96. The van der Waals surface area contributed by atoms with Gasteiger partial charge in [-0.1, -0.05) is 0 Å². The van der Waals surface area contributed by atoms with E-state index in [-0.39, 0.29) is 6.04 Å². The quantitative estimate of drug-likeness (QED) is 0.783. The van der Waals surface area contributed by atoms with Gasteiger partial charge in [-0.15, -0.1) is 0 Å². The maximum Gasteiger partial charge on any atom is 0.202 e. The molecule has 3 heterocycles. The number of nitrogens with two attached hydrogens (primary N) is 1. The molecule has 1 fully saturated rings. The van der Waals surface area contributed by atoms with Crippen molar-refractivity contribution in [2.24, 2.45) is 0 Å². The lowest BCUT2D eigenvalue weighted by molar-refractivity contribution is 0.187. The summed E-state index contributed by atoms with van der Waals surface area (Å²) in [6, 6.07) is 2.23. The van der Waals surface area contributed by atoms with Gasteiger partial charge in [-0.25, -0.2) is 9.97 Å². The minimum atomic E-state index is 0.277. The molecule has 0 aliphatic carbocycles. The molecule has 1 atom stereocenters. The second-order valence-electron chi connectivity index (χ2n) is 4.16. The fraction of sp³-hybridized carbons (Fsp3) is 0.455. The molecule has 0 spiro atoms. The van der Waals surface area contributed by atoms with Crippen LogP contribution in [0.15, 0.2) is 12.3 Å². The normalized spacial score (nSPS) is 20.7. The van der Waals surface area contributed by atoms with Crippen molar-refractivity contribution < 1.29 is 4.74 Å². The van der Waals surface area contributed by atoms with Crippen LogP contribution in [-0.2, 0) is 4.74 Å². The lowest BCUT2D eigenvalue weighted by atomic mass is 10.2. The average molecular weight is 218 g/mol. The zero-order valence-corrected chi connectivity index (χ0v) is 9.18. The first kappa shape index (κ1) is 9.59. The predicted molar refractivity (Wildman–Crippen MR) is 61.2 cm³/mol. The molecule has 0 saturated carbocycles. The number of pyridine rings is 1. The first-order valence-corrected chi connectivity index (χ1v) is 5.44. The van der Waals surface area contributed by atoms with Crippen molar-refractivity contribution >= 4 is 17.1 Å². The van der Waals surface area contributed by atoms with Gasteiger partial charge in [0.05, 0.1) is 12.6 Å². The predicted octanol–water partition coefficient (Wildman–Crippen LogP) is 1.28. The molecule has 3 rings (SSSR count). The smallest absolute Gasteiger partial charge is 0.202 e. The standard InChI is InChI=1S/C11H14N4O/c1-7-2-4-13-10-9(7)14-11(12)15(10)8-3-5-16-6-8/h2,4,8H,3,5-6H2,1H3,(H2,12,14). The molecule has 2 N–H and O–H groups in total. The summed E-state index contributed by atoms with van der Waals surface area (Å²) in [7, 11) is 0. The fourth-order valence-electron chi connectivity index (χ4n) is 2.21. The Kier molecular flexibility index (Phi) is 2.07. The van der Waals surface area contributed by atoms with E-state index in [0.29, 0.717) is 12.6 Å². The van der Waals surface area contributed by atoms with Crippen molar-refractivity contribution in [2.75, 3.05) is 18.9 Å². The van der Waals surface area contributed by atoms with Crippen molar-refractivity contribution in [1.29, 1.82) is 0 Å². The zero-order chi connectivity index (χ0) is 11.1. The lowest BCUT2D eigenvalue weighted by Gasteiger charge is -2.11. The number of hydrogen-bond donors (Lipinski definition) is 1. The van der Waals surface area contributed by atoms with Crippen molar-refractivity contribution in [3.8, 4) is 0 Å². The summed E-state index contributed by atoms with van der Waals surface area (Å²) in [5.74, 6) is 0.535. The van der Waals surface area contributed by atoms with Crippen LogP contribution in [0.5, 0.6) is 0 Å². The van der Waals surface area contributed by atoms with Gasteiger partial charge in [-0.3, -0.25) is 4.57 Å². The Balaban J connectivity index is 2.22. The van der Waals surface area contributed by atoms with Crippen molar-refractivity contribution in [3.63, 3.8) is 0 Å². The number of rotatable bonds is 1. The van der Waals surface area contributed by atoms with Gasteiger partial charge in [0.1, 0.15) is 5.52 Å². The number of nitrogen functional groups attached to an aromatic ring is 1. The molecule has 2 aromatic heterocycles. The first-order chi connectivity index (χ1) is 7.77. The van der Waals surface area contributed by atoms with E-state index in [1.807, 2.05) is 17.6 Å². The highest BCUT2D eigenvalue weighted by molar-refractivity contribution is 5.77. The van der Waals surface area contributed by atoms with Gasteiger partial charge in [-0.05, 0) is 25.0 Å². The Bertz CT molecular complexity index is 528. The molecular formula is C11H14N4O. The van der Waals surface area contributed by atoms with E-state index >= 15 is 0 Å². The third kappa shape index (κ3) is 1.28. The molecule has 0 bridgehead atoms. The molecule has 1 aliphatic heterocycles. The minimum absolute atomic E-state index is 0.277. The van der Waals surface area contributed by atoms with Crippen LogP contribution in [0.2, 0.25) is 0 Å². The molecule has 1 unspecified atom stereocenters. The highest BCUT2D eigenvalue weighted by Gasteiger charge is 2.23. The summed E-state index contributed by atoms with van der Waals surface area (Å²) in [5, 5.41) is 0. The van der Waals surface area contributed by atoms with Gasteiger partial charge in [0, 0.05) is 12.8 Å². The number of aromatic nitrogens is 3. The monoisotopic (exact) mass is 218 g/mol. The van der Waals surface area contributed by atoms with Crippen molar-refractivity contribution in [1.82, 2.24) is 14.5 Å². The Morgan fingerprint density at radius 2 is 2.44 bits per heavy atom. The highest BCUT2D eigenvalue weighted by atomic mass is 16.5.